The lowest BCUT2D eigenvalue weighted by Crippen LogP contribution is -2.31. The van der Waals surface area contributed by atoms with Crippen molar-refractivity contribution in [2.24, 2.45) is 0 Å². The minimum absolute atomic E-state index is 0.0670. The Balaban J connectivity index is 3.57. The smallest absolute Gasteiger partial charge is 0.319 e. The van der Waals surface area contributed by atoms with Gasteiger partial charge in [-0.1, -0.05) is 26.7 Å². The molecule has 1 rings (SSSR count). The number of hydrogen-bond acceptors (Lipinski definition) is 10. The van der Waals surface area contributed by atoms with Crippen molar-refractivity contribution < 1.29 is 38.4 Å². The number of nitro groups is 1. The number of nitrogens with zero attached hydrogens (tertiary/aromatic N) is 3. The van der Waals surface area contributed by atoms with Crippen molar-refractivity contribution in [1.82, 2.24) is 4.90 Å². The molecule has 0 aliphatic carbocycles. The van der Waals surface area contributed by atoms with Crippen LogP contribution in [0.5, 0.6) is 11.5 Å². The van der Waals surface area contributed by atoms with Crippen molar-refractivity contribution in [2.75, 3.05) is 13.1 Å². The number of benzene rings is 1. The summed E-state index contributed by atoms with van der Waals surface area (Å²) in [5, 5.41) is 21.5. The zero-order chi connectivity index (χ0) is 30.2. The predicted molar refractivity (Wildman–Crippen MR) is 144 cm³/mol. The van der Waals surface area contributed by atoms with Crippen molar-refractivity contribution in [3.05, 3.63) is 33.4 Å². The summed E-state index contributed by atoms with van der Waals surface area (Å²) in [5.74, 6) is -4.91. The van der Waals surface area contributed by atoms with Crippen LogP contribution < -0.4 is 9.47 Å². The lowest BCUT2D eigenvalue weighted by atomic mass is 10.1. The first-order chi connectivity index (χ1) is 19.0. The number of likely N-dealkylation sites (N-methyl/N-ethyl adjacent to an activating group) is 1. The van der Waals surface area contributed by atoms with Crippen molar-refractivity contribution in [2.45, 2.75) is 79.1 Å². The summed E-state index contributed by atoms with van der Waals surface area (Å²) < 4.78 is 10.4. The Morgan fingerprint density at radius 2 is 1.45 bits per heavy atom. The maximum absolute atomic E-state index is 12.7. The number of esters is 2. The maximum Gasteiger partial charge on any atom is 0.319 e. The number of amides is 1. The van der Waals surface area contributed by atoms with E-state index in [0.717, 1.165) is 31.1 Å². The molecule has 1 amide bonds. The van der Waals surface area contributed by atoms with Gasteiger partial charge in [0, 0.05) is 32.0 Å². The summed E-state index contributed by atoms with van der Waals surface area (Å²) in [6.45, 7) is 7.81. The van der Waals surface area contributed by atoms with Crippen molar-refractivity contribution in [3.63, 3.8) is 0 Å². The summed E-state index contributed by atoms with van der Waals surface area (Å²) >= 11 is 0. The van der Waals surface area contributed by atoms with Gasteiger partial charge in [-0.25, -0.2) is 0 Å². The molecule has 0 unspecified atom stereocenters. The molecule has 216 valence electrons. The minimum atomic E-state index is -1.10. The molecule has 0 fully saturated rings. The van der Waals surface area contributed by atoms with Gasteiger partial charge < -0.3 is 14.4 Å². The molecule has 0 saturated carbocycles. The predicted octanol–water partition coefficient (Wildman–Crippen LogP) is 4.48. The van der Waals surface area contributed by atoms with E-state index in [1.165, 1.54) is 4.90 Å². The van der Waals surface area contributed by atoms with Crippen LogP contribution in [0.4, 0.5) is 5.69 Å². The fourth-order valence-corrected chi connectivity index (χ4v) is 3.55. The molecule has 12 heteroatoms. The standard InChI is InChI=1S/C28H35N3O9/c1-5-9-11-21(32)16-25(34)39-24-15-19(13-20(18-29)28(36)30(7-3)8-4)14-23(31(37)38)27(24)40-26(35)17-22(33)12-10-6-2/h13-15H,5-12,16-17H2,1-4H3/b20-13+. The molecule has 0 aliphatic heterocycles. The topological polar surface area (TPSA) is 174 Å². The van der Waals surface area contributed by atoms with E-state index in [-0.39, 0.29) is 24.0 Å². The molecule has 12 nitrogen and oxygen atoms in total. The quantitative estimate of drug-likeness (QED) is 0.0505. The zero-order valence-corrected chi connectivity index (χ0v) is 23.3. The fraction of sp³-hybridized carbons (Fsp3) is 0.500. The van der Waals surface area contributed by atoms with E-state index in [2.05, 4.69) is 0 Å². The number of Topliss-reactive ketones (excluding diaryl/α,β-unsaturated/α-hetero) is 2. The van der Waals surface area contributed by atoms with Gasteiger partial charge in [0.15, 0.2) is 5.75 Å². The summed E-state index contributed by atoms with van der Waals surface area (Å²) in [7, 11) is 0. The first-order valence-electron chi connectivity index (χ1n) is 13.2. The van der Waals surface area contributed by atoms with Gasteiger partial charge in [-0.3, -0.25) is 34.1 Å². The van der Waals surface area contributed by atoms with E-state index < -0.39 is 64.4 Å². The molecule has 0 bridgehead atoms. The first kappa shape index (κ1) is 33.6. The van der Waals surface area contributed by atoms with E-state index in [1.54, 1.807) is 19.9 Å². The largest absolute Gasteiger partial charge is 0.422 e. The van der Waals surface area contributed by atoms with Crippen molar-refractivity contribution in [1.29, 1.82) is 5.26 Å². The van der Waals surface area contributed by atoms with Crippen LogP contribution in [0.25, 0.3) is 6.08 Å². The molecule has 0 N–H and O–H groups in total. The molecular weight excluding hydrogens is 522 g/mol. The number of nitro benzene ring substituents is 1. The number of ether oxygens (including phenoxy) is 2. The zero-order valence-electron chi connectivity index (χ0n) is 23.3. The van der Waals surface area contributed by atoms with Crippen LogP contribution in [0.15, 0.2) is 17.7 Å². The minimum Gasteiger partial charge on any atom is -0.422 e. The Labute approximate surface area is 233 Å². The highest BCUT2D eigenvalue weighted by Crippen LogP contribution is 2.40. The second-order valence-electron chi connectivity index (χ2n) is 8.86. The third-order valence-electron chi connectivity index (χ3n) is 5.71. The van der Waals surface area contributed by atoms with Crippen LogP contribution in [0.2, 0.25) is 0 Å². The molecule has 0 heterocycles. The van der Waals surface area contributed by atoms with Gasteiger partial charge in [0.2, 0.25) is 0 Å². The molecule has 0 aliphatic rings. The third kappa shape index (κ3) is 10.8. The van der Waals surface area contributed by atoms with Crippen LogP contribution in [-0.2, 0) is 24.0 Å². The van der Waals surface area contributed by atoms with E-state index >= 15 is 0 Å². The normalized spacial score (nSPS) is 10.8. The number of rotatable bonds is 17. The Morgan fingerprint density at radius 1 is 0.925 bits per heavy atom. The lowest BCUT2D eigenvalue weighted by Gasteiger charge is -2.17. The maximum atomic E-state index is 12.7. The van der Waals surface area contributed by atoms with Gasteiger partial charge >= 0.3 is 17.6 Å². The highest BCUT2D eigenvalue weighted by molar-refractivity contribution is 6.02. The van der Waals surface area contributed by atoms with Crippen LogP contribution in [0, 0.1) is 21.4 Å². The average Bonchev–Trinajstić information content (AvgIpc) is 2.90. The number of carbonyl (C=O) groups is 5. The molecule has 1 aromatic rings. The SMILES string of the molecule is CCCCC(=O)CC(=O)Oc1cc(/C=C(\C#N)C(=O)N(CC)CC)cc([N+](=O)[O-])c1OC(=O)CC(=O)CCCC. The fourth-order valence-electron chi connectivity index (χ4n) is 3.55. The summed E-state index contributed by atoms with van der Waals surface area (Å²) in [6, 6.07) is 3.79. The van der Waals surface area contributed by atoms with E-state index in [0.29, 0.717) is 25.9 Å². The lowest BCUT2D eigenvalue weighted by molar-refractivity contribution is -0.385. The number of nitriles is 1. The van der Waals surface area contributed by atoms with Gasteiger partial charge in [0.1, 0.15) is 36.1 Å². The molecule has 0 spiro atoms. The molecule has 0 atom stereocenters. The van der Waals surface area contributed by atoms with Gasteiger partial charge in [-0.2, -0.15) is 5.26 Å². The molecule has 0 saturated heterocycles. The number of hydrogen-bond donors (Lipinski definition) is 0. The Hall–Kier alpha value is -4.40. The second-order valence-corrected chi connectivity index (χ2v) is 8.86. The van der Waals surface area contributed by atoms with Gasteiger partial charge in [-0.05, 0) is 44.4 Å². The number of ketones is 2. The third-order valence-corrected chi connectivity index (χ3v) is 5.71. The monoisotopic (exact) mass is 557 g/mol. The highest BCUT2D eigenvalue weighted by Gasteiger charge is 2.28. The molecule has 0 aromatic heterocycles. The van der Waals surface area contributed by atoms with Crippen LogP contribution in [0.1, 0.15) is 84.6 Å². The number of carbonyl (C=O) groups excluding carboxylic acids is 5. The Morgan fingerprint density at radius 3 is 1.90 bits per heavy atom. The highest BCUT2D eigenvalue weighted by atomic mass is 16.6. The van der Waals surface area contributed by atoms with Gasteiger partial charge in [0.25, 0.3) is 11.7 Å². The molecule has 40 heavy (non-hydrogen) atoms. The van der Waals surface area contributed by atoms with Crippen LogP contribution in [0.3, 0.4) is 0 Å². The van der Waals surface area contributed by atoms with Crippen molar-refractivity contribution in [3.8, 4) is 17.6 Å². The summed E-state index contributed by atoms with van der Waals surface area (Å²) in [4.78, 5) is 74.2. The van der Waals surface area contributed by atoms with E-state index in [1.807, 2.05) is 13.8 Å². The Kier molecular flexibility index (Phi) is 14.5. The average molecular weight is 558 g/mol. The second kappa shape index (κ2) is 17.2. The van der Waals surface area contributed by atoms with Crippen LogP contribution in [-0.4, -0.2) is 52.3 Å². The van der Waals surface area contributed by atoms with Crippen LogP contribution >= 0.6 is 0 Å². The molecular formula is C28H35N3O9. The van der Waals surface area contributed by atoms with E-state index in [9.17, 15) is 39.3 Å². The van der Waals surface area contributed by atoms with E-state index in [4.69, 9.17) is 9.47 Å². The number of unbranched alkanes of at least 4 members (excludes halogenated alkanes) is 2. The molecule has 0 radical (unpaired) electrons. The van der Waals surface area contributed by atoms with Crippen molar-refractivity contribution >= 4 is 41.2 Å². The Bertz CT molecular complexity index is 1190. The van der Waals surface area contributed by atoms with Gasteiger partial charge in [-0.15, -0.1) is 0 Å². The summed E-state index contributed by atoms with van der Waals surface area (Å²) in [5.41, 5.74) is -1.21. The first-order valence-corrected chi connectivity index (χ1v) is 13.2. The summed E-state index contributed by atoms with van der Waals surface area (Å²) in [6.07, 6.45) is 2.62. The van der Waals surface area contributed by atoms with Gasteiger partial charge in [0.05, 0.1) is 4.92 Å². The molecule has 1 aromatic carbocycles.